The van der Waals surface area contributed by atoms with Crippen LogP contribution in [-0.2, 0) is 6.54 Å². The SMILES string of the molecule is CN(Cc1ccccc1)c1sc(C(N)=O)c(N)c1C1CC1. The summed E-state index contributed by atoms with van der Waals surface area (Å²) in [6.07, 6.45) is 2.29. The minimum absolute atomic E-state index is 0.432. The molecule has 1 aliphatic rings. The van der Waals surface area contributed by atoms with Crippen molar-refractivity contribution in [3.8, 4) is 0 Å². The van der Waals surface area contributed by atoms with Crippen molar-refractivity contribution in [3.63, 3.8) is 0 Å². The zero-order valence-electron chi connectivity index (χ0n) is 12.0. The summed E-state index contributed by atoms with van der Waals surface area (Å²) < 4.78 is 0. The van der Waals surface area contributed by atoms with Crippen molar-refractivity contribution in [2.75, 3.05) is 17.7 Å². The first-order valence-electron chi connectivity index (χ1n) is 7.05. The quantitative estimate of drug-likeness (QED) is 0.892. The molecule has 1 aliphatic carbocycles. The third kappa shape index (κ3) is 2.74. The highest BCUT2D eigenvalue weighted by atomic mass is 32.1. The van der Waals surface area contributed by atoms with Gasteiger partial charge >= 0.3 is 0 Å². The van der Waals surface area contributed by atoms with Crippen molar-refractivity contribution in [2.24, 2.45) is 5.73 Å². The average Bonchev–Trinajstić information content (AvgIpc) is 3.22. The van der Waals surface area contributed by atoms with E-state index in [9.17, 15) is 4.79 Å². The zero-order valence-corrected chi connectivity index (χ0v) is 12.8. The Labute approximate surface area is 128 Å². The third-order valence-corrected chi connectivity index (χ3v) is 5.13. The summed E-state index contributed by atoms with van der Waals surface area (Å²) >= 11 is 1.42. The second-order valence-corrected chi connectivity index (χ2v) is 6.54. The fourth-order valence-corrected chi connectivity index (χ4v) is 3.73. The Morgan fingerprint density at radius 3 is 2.57 bits per heavy atom. The molecule has 5 heteroatoms. The van der Waals surface area contributed by atoms with Crippen LogP contribution in [0.5, 0.6) is 0 Å². The molecule has 1 saturated carbocycles. The van der Waals surface area contributed by atoms with Gasteiger partial charge in [-0.05, 0) is 24.3 Å². The van der Waals surface area contributed by atoms with Gasteiger partial charge in [-0.15, -0.1) is 11.3 Å². The highest BCUT2D eigenvalue weighted by molar-refractivity contribution is 7.18. The van der Waals surface area contributed by atoms with Crippen LogP contribution in [-0.4, -0.2) is 13.0 Å². The number of hydrogen-bond acceptors (Lipinski definition) is 4. The van der Waals surface area contributed by atoms with Crippen molar-refractivity contribution in [1.29, 1.82) is 0 Å². The number of benzene rings is 1. The Kier molecular flexibility index (Phi) is 3.59. The summed E-state index contributed by atoms with van der Waals surface area (Å²) in [7, 11) is 2.04. The molecule has 1 aromatic carbocycles. The maximum Gasteiger partial charge on any atom is 0.260 e. The van der Waals surface area contributed by atoms with E-state index in [0.717, 1.165) is 30.0 Å². The number of hydrogen-bond donors (Lipinski definition) is 2. The van der Waals surface area contributed by atoms with E-state index in [4.69, 9.17) is 11.5 Å². The summed E-state index contributed by atoms with van der Waals surface area (Å²) in [5.74, 6) is 0.0568. The maximum absolute atomic E-state index is 11.5. The lowest BCUT2D eigenvalue weighted by Crippen LogP contribution is -2.16. The van der Waals surface area contributed by atoms with E-state index in [2.05, 4.69) is 17.0 Å². The second-order valence-electron chi connectivity index (χ2n) is 5.54. The first-order chi connectivity index (χ1) is 10.1. The Bertz CT molecular complexity index is 662. The monoisotopic (exact) mass is 301 g/mol. The van der Waals surface area contributed by atoms with Gasteiger partial charge in [0.05, 0.1) is 10.7 Å². The van der Waals surface area contributed by atoms with Crippen molar-refractivity contribution in [1.82, 2.24) is 0 Å². The van der Waals surface area contributed by atoms with Crippen LogP contribution in [0, 0.1) is 0 Å². The van der Waals surface area contributed by atoms with E-state index in [1.54, 1.807) is 0 Å². The van der Waals surface area contributed by atoms with Gasteiger partial charge < -0.3 is 16.4 Å². The van der Waals surface area contributed by atoms with Crippen LogP contribution < -0.4 is 16.4 Å². The molecular formula is C16H19N3OS. The van der Waals surface area contributed by atoms with Crippen molar-refractivity contribution in [2.45, 2.75) is 25.3 Å². The van der Waals surface area contributed by atoms with E-state index in [-0.39, 0.29) is 0 Å². The molecule has 0 saturated heterocycles. The van der Waals surface area contributed by atoms with Crippen LogP contribution in [0.3, 0.4) is 0 Å². The molecule has 2 aromatic rings. The number of anilines is 2. The highest BCUT2D eigenvalue weighted by Gasteiger charge is 2.33. The van der Waals surface area contributed by atoms with Gasteiger partial charge in [0.2, 0.25) is 0 Å². The predicted molar refractivity (Wildman–Crippen MR) is 87.8 cm³/mol. The Balaban J connectivity index is 1.93. The summed E-state index contributed by atoms with van der Waals surface area (Å²) in [6.45, 7) is 0.790. The fourth-order valence-electron chi connectivity index (χ4n) is 2.61. The molecule has 0 spiro atoms. The molecule has 4 nitrogen and oxygen atoms in total. The van der Waals surface area contributed by atoms with E-state index >= 15 is 0 Å². The van der Waals surface area contributed by atoms with E-state index in [0.29, 0.717) is 16.5 Å². The van der Waals surface area contributed by atoms with Gasteiger partial charge in [-0.2, -0.15) is 0 Å². The number of amides is 1. The summed E-state index contributed by atoms with van der Waals surface area (Å²) in [6, 6.07) is 10.3. The Morgan fingerprint density at radius 1 is 1.33 bits per heavy atom. The molecule has 0 atom stereocenters. The molecule has 1 heterocycles. The first kappa shape index (κ1) is 13.9. The number of primary amides is 1. The molecule has 110 valence electrons. The number of nitrogens with two attached hydrogens (primary N) is 2. The van der Waals surface area contributed by atoms with Crippen LogP contribution in [0.2, 0.25) is 0 Å². The molecule has 0 radical (unpaired) electrons. The van der Waals surface area contributed by atoms with Gasteiger partial charge in [-0.3, -0.25) is 4.79 Å². The van der Waals surface area contributed by atoms with Gasteiger partial charge in [0.1, 0.15) is 4.88 Å². The number of carbonyl (C=O) groups is 1. The topological polar surface area (TPSA) is 72.3 Å². The fraction of sp³-hybridized carbons (Fsp3) is 0.312. The molecule has 0 aliphatic heterocycles. The third-order valence-electron chi connectivity index (χ3n) is 3.78. The van der Waals surface area contributed by atoms with Gasteiger partial charge in [-0.1, -0.05) is 30.3 Å². The minimum atomic E-state index is -0.432. The van der Waals surface area contributed by atoms with Gasteiger partial charge in [0.25, 0.3) is 5.91 Å². The molecule has 21 heavy (non-hydrogen) atoms. The number of rotatable bonds is 5. The lowest BCUT2D eigenvalue weighted by Gasteiger charge is -2.19. The molecule has 1 amide bonds. The Hall–Kier alpha value is -2.01. The van der Waals surface area contributed by atoms with Gasteiger partial charge in [0, 0.05) is 19.2 Å². The summed E-state index contributed by atoms with van der Waals surface area (Å²) in [5, 5.41) is 1.08. The van der Waals surface area contributed by atoms with Crippen molar-refractivity contribution in [3.05, 3.63) is 46.3 Å². The summed E-state index contributed by atoms with van der Waals surface area (Å²) in [4.78, 5) is 14.2. The highest BCUT2D eigenvalue weighted by Crippen LogP contribution is 2.51. The summed E-state index contributed by atoms with van der Waals surface area (Å²) in [5.41, 5.74) is 14.5. The molecule has 4 N–H and O–H groups in total. The minimum Gasteiger partial charge on any atom is -0.397 e. The maximum atomic E-state index is 11.5. The number of carbonyl (C=O) groups excluding carboxylic acids is 1. The van der Waals surface area contributed by atoms with Crippen LogP contribution in [0.15, 0.2) is 30.3 Å². The molecule has 3 rings (SSSR count). The second kappa shape index (κ2) is 5.41. The lowest BCUT2D eigenvalue weighted by molar-refractivity contribution is 0.100. The smallest absolute Gasteiger partial charge is 0.260 e. The van der Waals surface area contributed by atoms with Crippen LogP contribution >= 0.6 is 11.3 Å². The van der Waals surface area contributed by atoms with Gasteiger partial charge in [0.15, 0.2) is 0 Å². The number of nitrogens with zero attached hydrogens (tertiary/aromatic N) is 1. The van der Waals surface area contributed by atoms with E-state index in [1.165, 1.54) is 16.9 Å². The number of nitrogen functional groups attached to an aromatic ring is 1. The van der Waals surface area contributed by atoms with Crippen LogP contribution in [0.4, 0.5) is 10.7 Å². The first-order valence-corrected chi connectivity index (χ1v) is 7.86. The predicted octanol–water partition coefficient (Wildman–Crippen LogP) is 2.94. The van der Waals surface area contributed by atoms with Crippen molar-refractivity contribution < 1.29 is 4.79 Å². The van der Waals surface area contributed by atoms with Crippen LogP contribution in [0.25, 0.3) is 0 Å². The largest absolute Gasteiger partial charge is 0.397 e. The standard InChI is InChI=1S/C16H19N3OS/c1-19(9-10-5-3-2-4-6-10)16-12(11-7-8-11)13(17)14(21-16)15(18)20/h2-6,11H,7-9,17H2,1H3,(H2,18,20). The normalized spacial score (nSPS) is 14.1. The van der Waals surface area contributed by atoms with Crippen molar-refractivity contribution >= 4 is 27.9 Å². The van der Waals surface area contributed by atoms with Crippen LogP contribution in [0.1, 0.15) is 39.6 Å². The molecule has 0 bridgehead atoms. The number of thiophene rings is 1. The van der Waals surface area contributed by atoms with E-state index < -0.39 is 5.91 Å². The molecule has 1 fully saturated rings. The van der Waals surface area contributed by atoms with E-state index in [1.807, 2.05) is 25.2 Å². The zero-order chi connectivity index (χ0) is 15.0. The molecule has 0 unspecified atom stereocenters. The average molecular weight is 301 g/mol. The Morgan fingerprint density at radius 2 is 2.00 bits per heavy atom. The molecule has 1 aromatic heterocycles. The van der Waals surface area contributed by atoms with Gasteiger partial charge in [-0.25, -0.2) is 0 Å². The lowest BCUT2D eigenvalue weighted by atomic mass is 10.1. The molecular weight excluding hydrogens is 282 g/mol.